The average Bonchev–Trinajstić information content (AvgIpc) is 2.79. The summed E-state index contributed by atoms with van der Waals surface area (Å²) in [6, 6.07) is 1.92. The first-order valence-corrected chi connectivity index (χ1v) is 6.08. The van der Waals surface area contributed by atoms with Crippen LogP contribution >= 0.6 is 11.3 Å². The minimum atomic E-state index is -0.321. The summed E-state index contributed by atoms with van der Waals surface area (Å²) in [5.41, 5.74) is 2.04. The van der Waals surface area contributed by atoms with Gasteiger partial charge < -0.3 is 4.74 Å². The molecule has 0 N–H and O–H groups in total. The second kappa shape index (κ2) is 5.05. The van der Waals surface area contributed by atoms with Crippen LogP contribution in [0.5, 0.6) is 0 Å². The van der Waals surface area contributed by atoms with Gasteiger partial charge in [0, 0.05) is 18.0 Å². The van der Waals surface area contributed by atoms with E-state index in [9.17, 15) is 4.79 Å². The van der Waals surface area contributed by atoms with Crippen molar-refractivity contribution in [2.45, 2.75) is 13.8 Å². The van der Waals surface area contributed by atoms with Gasteiger partial charge in [-0.2, -0.15) is 0 Å². The van der Waals surface area contributed by atoms with Gasteiger partial charge in [-0.05, 0) is 25.5 Å². The van der Waals surface area contributed by atoms with Gasteiger partial charge in [-0.3, -0.25) is 4.98 Å². The largest absolute Gasteiger partial charge is 0.462 e. The minimum Gasteiger partial charge on any atom is -0.462 e. The molecule has 0 aliphatic rings. The van der Waals surface area contributed by atoms with Crippen molar-refractivity contribution in [2.75, 3.05) is 6.61 Å². The van der Waals surface area contributed by atoms with E-state index in [1.165, 1.54) is 11.3 Å². The monoisotopic (exact) mass is 248 g/mol. The number of thiazole rings is 1. The van der Waals surface area contributed by atoms with E-state index in [1.807, 2.05) is 13.0 Å². The average molecular weight is 248 g/mol. The van der Waals surface area contributed by atoms with Crippen molar-refractivity contribution in [3.63, 3.8) is 0 Å². The first kappa shape index (κ1) is 11.7. The molecule has 2 rings (SSSR count). The molecule has 0 saturated heterocycles. The van der Waals surface area contributed by atoms with E-state index in [2.05, 4.69) is 9.97 Å². The van der Waals surface area contributed by atoms with Crippen molar-refractivity contribution in [1.82, 2.24) is 9.97 Å². The Kier molecular flexibility index (Phi) is 3.49. The highest BCUT2D eigenvalue weighted by molar-refractivity contribution is 7.16. The molecule has 5 heteroatoms. The SMILES string of the molecule is CCOC(=O)c1cnc(-c2cnccc2C)s1. The third-order valence-electron chi connectivity index (χ3n) is 2.25. The molecule has 4 nitrogen and oxygen atoms in total. The zero-order valence-electron chi connectivity index (χ0n) is 9.64. The number of carbonyl (C=O) groups is 1. The number of hydrogen-bond donors (Lipinski definition) is 0. The molecule has 0 aromatic carbocycles. The molecule has 2 aromatic heterocycles. The van der Waals surface area contributed by atoms with Crippen molar-refractivity contribution in [2.24, 2.45) is 0 Å². The number of nitrogens with zero attached hydrogens (tertiary/aromatic N) is 2. The molecule has 0 fully saturated rings. The molecule has 0 saturated carbocycles. The third kappa shape index (κ3) is 2.50. The van der Waals surface area contributed by atoms with E-state index in [0.29, 0.717) is 11.5 Å². The number of aryl methyl sites for hydroxylation is 1. The second-order valence-electron chi connectivity index (χ2n) is 3.44. The summed E-state index contributed by atoms with van der Waals surface area (Å²) in [5.74, 6) is -0.321. The Morgan fingerprint density at radius 1 is 1.47 bits per heavy atom. The summed E-state index contributed by atoms with van der Waals surface area (Å²) in [5, 5.41) is 0.790. The Bertz CT molecular complexity index is 537. The van der Waals surface area contributed by atoms with Crippen LogP contribution in [0.3, 0.4) is 0 Å². The maximum absolute atomic E-state index is 11.5. The lowest BCUT2D eigenvalue weighted by Crippen LogP contribution is -2.01. The van der Waals surface area contributed by atoms with Gasteiger partial charge in [-0.25, -0.2) is 9.78 Å². The fourth-order valence-corrected chi connectivity index (χ4v) is 2.27. The van der Waals surface area contributed by atoms with Gasteiger partial charge in [0.2, 0.25) is 0 Å². The van der Waals surface area contributed by atoms with Crippen LogP contribution in [-0.2, 0) is 4.74 Å². The topological polar surface area (TPSA) is 52.1 Å². The van der Waals surface area contributed by atoms with Gasteiger partial charge in [0.25, 0.3) is 0 Å². The zero-order valence-corrected chi connectivity index (χ0v) is 10.5. The maximum atomic E-state index is 11.5. The fourth-order valence-electron chi connectivity index (χ4n) is 1.38. The van der Waals surface area contributed by atoms with Crippen molar-refractivity contribution >= 4 is 17.3 Å². The molecule has 0 spiro atoms. The Hall–Kier alpha value is -1.75. The molecule has 2 aromatic rings. The lowest BCUT2D eigenvalue weighted by molar-refractivity contribution is 0.0532. The summed E-state index contributed by atoms with van der Waals surface area (Å²) < 4.78 is 4.92. The fraction of sp³-hybridized carbons (Fsp3) is 0.250. The first-order chi connectivity index (χ1) is 8.22. The molecule has 0 aliphatic heterocycles. The molecule has 88 valence electrons. The number of hydrogen-bond acceptors (Lipinski definition) is 5. The second-order valence-corrected chi connectivity index (χ2v) is 4.47. The smallest absolute Gasteiger partial charge is 0.349 e. The van der Waals surface area contributed by atoms with Crippen LogP contribution in [0.4, 0.5) is 0 Å². The van der Waals surface area contributed by atoms with Crippen LogP contribution in [0.1, 0.15) is 22.2 Å². The summed E-state index contributed by atoms with van der Waals surface area (Å²) in [7, 11) is 0. The first-order valence-electron chi connectivity index (χ1n) is 5.26. The van der Waals surface area contributed by atoms with Gasteiger partial charge in [-0.1, -0.05) is 0 Å². The molecular weight excluding hydrogens is 236 g/mol. The quantitative estimate of drug-likeness (QED) is 0.784. The molecule has 0 unspecified atom stereocenters. The number of pyridine rings is 1. The van der Waals surface area contributed by atoms with Crippen molar-refractivity contribution < 1.29 is 9.53 Å². The lowest BCUT2D eigenvalue weighted by Gasteiger charge is -1.99. The molecule has 2 heterocycles. The van der Waals surface area contributed by atoms with Crippen LogP contribution in [0.2, 0.25) is 0 Å². The zero-order chi connectivity index (χ0) is 12.3. The third-order valence-corrected chi connectivity index (χ3v) is 3.26. The summed E-state index contributed by atoms with van der Waals surface area (Å²) in [6.07, 6.45) is 5.03. The number of carbonyl (C=O) groups excluding carboxylic acids is 1. The normalized spacial score (nSPS) is 10.2. The van der Waals surface area contributed by atoms with E-state index >= 15 is 0 Å². The highest BCUT2D eigenvalue weighted by atomic mass is 32.1. The van der Waals surface area contributed by atoms with Crippen LogP contribution in [0.25, 0.3) is 10.6 Å². The van der Waals surface area contributed by atoms with E-state index < -0.39 is 0 Å². The summed E-state index contributed by atoms with van der Waals surface area (Å²) >= 11 is 1.32. The van der Waals surface area contributed by atoms with E-state index in [0.717, 1.165) is 16.1 Å². The van der Waals surface area contributed by atoms with Gasteiger partial charge in [0.05, 0.1) is 12.8 Å². The number of ether oxygens (including phenoxy) is 1. The van der Waals surface area contributed by atoms with E-state index in [4.69, 9.17) is 4.74 Å². The Labute approximate surface area is 103 Å². The number of aromatic nitrogens is 2. The van der Waals surface area contributed by atoms with Gasteiger partial charge in [-0.15, -0.1) is 11.3 Å². The van der Waals surface area contributed by atoms with E-state index in [-0.39, 0.29) is 5.97 Å². The molecule has 0 radical (unpaired) electrons. The van der Waals surface area contributed by atoms with Crippen molar-refractivity contribution in [1.29, 1.82) is 0 Å². The summed E-state index contributed by atoms with van der Waals surface area (Å²) in [6.45, 7) is 4.14. The molecule has 0 bridgehead atoms. The standard InChI is InChI=1S/C12H12N2O2S/c1-3-16-12(15)10-7-14-11(17-10)9-6-13-5-4-8(9)2/h4-7H,3H2,1-2H3. The van der Waals surface area contributed by atoms with Gasteiger partial charge in [0.15, 0.2) is 0 Å². The predicted molar refractivity (Wildman–Crippen MR) is 66.0 cm³/mol. The van der Waals surface area contributed by atoms with Crippen LogP contribution in [0, 0.1) is 6.92 Å². The van der Waals surface area contributed by atoms with Crippen LogP contribution in [-0.4, -0.2) is 22.5 Å². The van der Waals surface area contributed by atoms with Gasteiger partial charge >= 0.3 is 5.97 Å². The highest BCUT2D eigenvalue weighted by Crippen LogP contribution is 2.27. The molecule has 0 atom stereocenters. The Balaban J connectivity index is 2.30. The molecular formula is C12H12N2O2S. The number of esters is 1. The lowest BCUT2D eigenvalue weighted by atomic mass is 10.2. The predicted octanol–water partition coefficient (Wildman–Crippen LogP) is 2.69. The van der Waals surface area contributed by atoms with Crippen LogP contribution in [0.15, 0.2) is 24.7 Å². The Morgan fingerprint density at radius 2 is 2.29 bits per heavy atom. The van der Waals surface area contributed by atoms with Gasteiger partial charge in [0.1, 0.15) is 9.88 Å². The molecule has 0 aliphatic carbocycles. The summed E-state index contributed by atoms with van der Waals surface area (Å²) in [4.78, 5) is 20.3. The maximum Gasteiger partial charge on any atom is 0.349 e. The molecule has 17 heavy (non-hydrogen) atoms. The Morgan fingerprint density at radius 3 is 3.00 bits per heavy atom. The van der Waals surface area contributed by atoms with Crippen molar-refractivity contribution in [3.05, 3.63) is 35.1 Å². The highest BCUT2D eigenvalue weighted by Gasteiger charge is 2.13. The number of rotatable bonds is 3. The molecule has 0 amide bonds. The van der Waals surface area contributed by atoms with Crippen LogP contribution < -0.4 is 0 Å². The van der Waals surface area contributed by atoms with Crippen molar-refractivity contribution in [3.8, 4) is 10.6 Å². The van der Waals surface area contributed by atoms with E-state index in [1.54, 1.807) is 25.5 Å². The minimum absolute atomic E-state index is 0.321.